The molecule has 0 bridgehead atoms. The highest BCUT2D eigenvalue weighted by Gasteiger charge is 2.31. The summed E-state index contributed by atoms with van der Waals surface area (Å²) in [5.41, 5.74) is 0. The Bertz CT molecular complexity index is 705. The number of ether oxygens (including phenoxy) is 2. The van der Waals surface area contributed by atoms with Gasteiger partial charge in [-0.2, -0.15) is 0 Å². The van der Waals surface area contributed by atoms with Crippen LogP contribution in [0, 0.1) is 5.92 Å². The number of hydrogen-bond donors (Lipinski definition) is 3. The van der Waals surface area contributed by atoms with Gasteiger partial charge in [-0.1, -0.05) is 18.6 Å². The Balaban J connectivity index is 1.44. The van der Waals surface area contributed by atoms with E-state index in [-0.39, 0.29) is 24.0 Å². The van der Waals surface area contributed by atoms with Crippen LogP contribution in [0.15, 0.2) is 29.3 Å². The number of hydrogen-bond acceptors (Lipinski definition) is 4. The molecule has 1 aromatic rings. The van der Waals surface area contributed by atoms with E-state index in [4.69, 9.17) is 9.47 Å². The van der Waals surface area contributed by atoms with Gasteiger partial charge >= 0.3 is 0 Å². The Kier molecular flexibility index (Phi) is 7.61. The minimum atomic E-state index is -0.0618. The van der Waals surface area contributed by atoms with Crippen molar-refractivity contribution in [2.75, 3.05) is 20.7 Å². The van der Waals surface area contributed by atoms with E-state index < -0.39 is 0 Å². The number of para-hydroxylation sites is 2. The first kappa shape index (κ1) is 21.3. The lowest BCUT2D eigenvalue weighted by Gasteiger charge is -2.30. The topological polar surface area (TPSA) is 84.0 Å². The molecule has 0 aliphatic heterocycles. The number of carbonyl (C=O) groups is 1. The first-order valence-electron chi connectivity index (χ1n) is 10.7. The van der Waals surface area contributed by atoms with Crippen molar-refractivity contribution in [1.82, 2.24) is 16.0 Å². The summed E-state index contributed by atoms with van der Waals surface area (Å²) in [4.78, 5) is 16.7. The Labute approximate surface area is 173 Å². The van der Waals surface area contributed by atoms with Gasteiger partial charge in [-0.05, 0) is 51.2 Å². The Morgan fingerprint density at radius 1 is 1.14 bits per heavy atom. The number of nitrogens with zero attached hydrogens (tertiary/aromatic N) is 1. The van der Waals surface area contributed by atoms with Gasteiger partial charge in [0.05, 0.1) is 13.7 Å². The van der Waals surface area contributed by atoms with Crippen LogP contribution in [0.4, 0.5) is 0 Å². The smallest absolute Gasteiger partial charge is 0.223 e. The second-order valence-corrected chi connectivity index (χ2v) is 8.02. The molecule has 3 rings (SSSR count). The van der Waals surface area contributed by atoms with Gasteiger partial charge in [-0.25, -0.2) is 0 Å². The van der Waals surface area contributed by atoms with Crippen LogP contribution in [0.5, 0.6) is 11.5 Å². The standard InChI is InChI=1S/C22H34N4O3/c1-15(29-20-10-5-4-9-19(20)28-3)14-24-22(23-2)26-18-8-6-7-16(13-18)21(27)25-17-11-12-17/h4-5,9-10,15-18H,6-8,11-14H2,1-3H3,(H,25,27)(H2,23,24,26). The molecule has 2 saturated carbocycles. The average Bonchev–Trinajstić information content (AvgIpc) is 3.55. The van der Waals surface area contributed by atoms with Crippen LogP contribution in [0.2, 0.25) is 0 Å². The molecule has 0 heterocycles. The van der Waals surface area contributed by atoms with Crippen molar-refractivity contribution in [1.29, 1.82) is 0 Å². The molecule has 2 aliphatic carbocycles. The third-order valence-corrected chi connectivity index (χ3v) is 5.49. The molecular formula is C22H34N4O3. The molecule has 0 saturated heterocycles. The van der Waals surface area contributed by atoms with Crippen LogP contribution in [0.25, 0.3) is 0 Å². The number of aliphatic imine (C=N–C) groups is 1. The van der Waals surface area contributed by atoms with Crippen LogP contribution < -0.4 is 25.4 Å². The molecule has 3 N–H and O–H groups in total. The monoisotopic (exact) mass is 402 g/mol. The first-order valence-corrected chi connectivity index (χ1v) is 10.7. The summed E-state index contributed by atoms with van der Waals surface area (Å²) >= 11 is 0. The molecule has 3 atom stereocenters. The summed E-state index contributed by atoms with van der Waals surface area (Å²) in [5.74, 6) is 2.52. The minimum absolute atomic E-state index is 0.0618. The molecule has 3 unspecified atom stereocenters. The lowest BCUT2D eigenvalue weighted by Crippen LogP contribution is -2.48. The average molecular weight is 403 g/mol. The number of benzene rings is 1. The predicted molar refractivity (Wildman–Crippen MR) is 114 cm³/mol. The van der Waals surface area contributed by atoms with Crippen LogP contribution >= 0.6 is 0 Å². The summed E-state index contributed by atoms with van der Waals surface area (Å²) < 4.78 is 11.3. The van der Waals surface area contributed by atoms with Crippen molar-refractivity contribution in [3.63, 3.8) is 0 Å². The zero-order chi connectivity index (χ0) is 20.6. The van der Waals surface area contributed by atoms with Gasteiger partial charge in [-0.3, -0.25) is 9.79 Å². The first-order chi connectivity index (χ1) is 14.1. The van der Waals surface area contributed by atoms with Crippen molar-refractivity contribution in [2.24, 2.45) is 10.9 Å². The highest BCUT2D eigenvalue weighted by molar-refractivity contribution is 5.81. The molecule has 2 fully saturated rings. The molecule has 7 nitrogen and oxygen atoms in total. The summed E-state index contributed by atoms with van der Waals surface area (Å²) in [7, 11) is 3.40. The van der Waals surface area contributed by atoms with Gasteiger partial charge in [0, 0.05) is 25.0 Å². The van der Waals surface area contributed by atoms with E-state index in [0.29, 0.717) is 12.6 Å². The van der Waals surface area contributed by atoms with E-state index in [1.807, 2.05) is 31.2 Å². The van der Waals surface area contributed by atoms with E-state index in [9.17, 15) is 4.79 Å². The van der Waals surface area contributed by atoms with Crippen molar-refractivity contribution < 1.29 is 14.3 Å². The largest absolute Gasteiger partial charge is 0.493 e. The number of methoxy groups -OCH3 is 1. The quantitative estimate of drug-likeness (QED) is 0.460. The fraction of sp³-hybridized carbons (Fsp3) is 0.636. The number of guanidine groups is 1. The van der Waals surface area contributed by atoms with E-state index >= 15 is 0 Å². The molecule has 0 spiro atoms. The molecule has 29 heavy (non-hydrogen) atoms. The van der Waals surface area contributed by atoms with Crippen LogP contribution in [-0.4, -0.2) is 50.8 Å². The SMILES string of the molecule is CN=C(NCC(C)Oc1ccccc1OC)NC1CCCC(C(=O)NC2CC2)C1. The summed E-state index contributed by atoms with van der Waals surface area (Å²) in [6.07, 6.45) is 6.15. The van der Waals surface area contributed by atoms with E-state index in [1.165, 1.54) is 0 Å². The Morgan fingerprint density at radius 2 is 1.90 bits per heavy atom. The molecule has 1 amide bonds. The summed E-state index contributed by atoms with van der Waals surface area (Å²) in [6, 6.07) is 8.32. The number of carbonyl (C=O) groups excluding carboxylic acids is 1. The summed E-state index contributed by atoms with van der Waals surface area (Å²) in [5, 5.41) is 9.96. The maximum absolute atomic E-state index is 12.4. The molecule has 1 aromatic carbocycles. The lowest BCUT2D eigenvalue weighted by atomic mass is 9.85. The maximum Gasteiger partial charge on any atom is 0.223 e. The maximum atomic E-state index is 12.4. The van der Waals surface area contributed by atoms with Crippen LogP contribution in [0.1, 0.15) is 45.4 Å². The fourth-order valence-corrected chi connectivity index (χ4v) is 3.71. The molecule has 160 valence electrons. The predicted octanol–water partition coefficient (Wildman–Crippen LogP) is 2.46. The molecular weight excluding hydrogens is 368 g/mol. The second kappa shape index (κ2) is 10.4. The lowest BCUT2D eigenvalue weighted by molar-refractivity contribution is -0.126. The number of amides is 1. The number of rotatable bonds is 8. The van der Waals surface area contributed by atoms with Gasteiger partial charge in [0.25, 0.3) is 0 Å². The van der Waals surface area contributed by atoms with Gasteiger partial charge in [0.15, 0.2) is 17.5 Å². The van der Waals surface area contributed by atoms with E-state index in [0.717, 1.165) is 56.0 Å². The Hall–Kier alpha value is -2.44. The van der Waals surface area contributed by atoms with Crippen LogP contribution in [-0.2, 0) is 4.79 Å². The van der Waals surface area contributed by atoms with Crippen LogP contribution in [0.3, 0.4) is 0 Å². The minimum Gasteiger partial charge on any atom is -0.493 e. The molecule has 0 aromatic heterocycles. The van der Waals surface area contributed by atoms with E-state index in [1.54, 1.807) is 14.2 Å². The normalized spacial score (nSPS) is 23.1. The van der Waals surface area contributed by atoms with Crippen molar-refractivity contribution in [3.05, 3.63) is 24.3 Å². The zero-order valence-electron chi connectivity index (χ0n) is 17.7. The van der Waals surface area contributed by atoms with Crippen molar-refractivity contribution >= 4 is 11.9 Å². The third-order valence-electron chi connectivity index (χ3n) is 5.49. The third kappa shape index (κ3) is 6.54. The summed E-state index contributed by atoms with van der Waals surface area (Å²) in [6.45, 7) is 2.61. The molecule has 0 radical (unpaired) electrons. The second-order valence-electron chi connectivity index (χ2n) is 8.02. The Morgan fingerprint density at radius 3 is 2.59 bits per heavy atom. The molecule has 7 heteroatoms. The van der Waals surface area contributed by atoms with Gasteiger partial charge in [0.1, 0.15) is 6.10 Å². The van der Waals surface area contributed by atoms with Crippen molar-refractivity contribution in [2.45, 2.75) is 63.6 Å². The zero-order valence-corrected chi connectivity index (χ0v) is 17.7. The fourth-order valence-electron chi connectivity index (χ4n) is 3.71. The van der Waals surface area contributed by atoms with Gasteiger partial charge in [-0.15, -0.1) is 0 Å². The highest BCUT2D eigenvalue weighted by Crippen LogP contribution is 2.27. The highest BCUT2D eigenvalue weighted by atomic mass is 16.5. The van der Waals surface area contributed by atoms with E-state index in [2.05, 4.69) is 20.9 Å². The molecule has 2 aliphatic rings. The van der Waals surface area contributed by atoms with Gasteiger partial charge in [0.2, 0.25) is 5.91 Å². The van der Waals surface area contributed by atoms with Gasteiger partial charge < -0.3 is 25.4 Å². The van der Waals surface area contributed by atoms with Crippen molar-refractivity contribution in [3.8, 4) is 11.5 Å². The number of nitrogens with one attached hydrogen (secondary N) is 3.